The van der Waals surface area contributed by atoms with Crippen molar-refractivity contribution in [2.75, 3.05) is 11.9 Å². The lowest BCUT2D eigenvalue weighted by Gasteiger charge is -2.23. The van der Waals surface area contributed by atoms with Gasteiger partial charge in [-0.2, -0.15) is 0 Å². The maximum atomic E-state index is 10.3. The maximum Gasteiger partial charge on any atom is 0.148 e. The van der Waals surface area contributed by atoms with Crippen LogP contribution in [0.1, 0.15) is 19.8 Å². The van der Waals surface area contributed by atoms with Crippen molar-refractivity contribution in [3.05, 3.63) is 41.4 Å². The molecule has 0 radical (unpaired) electrons. The smallest absolute Gasteiger partial charge is 0.148 e. The number of nitrogens with one attached hydrogen (secondary N) is 1. The lowest BCUT2D eigenvalue weighted by Crippen LogP contribution is -2.35. The SMILES string of the molecule is CC(O)(CNc1ccc(-c2ccccc2Cl)nn1)C1CC1. The van der Waals surface area contributed by atoms with Crippen molar-refractivity contribution in [3.63, 3.8) is 0 Å². The van der Waals surface area contributed by atoms with E-state index in [9.17, 15) is 5.11 Å². The highest BCUT2D eigenvalue weighted by molar-refractivity contribution is 6.33. The van der Waals surface area contributed by atoms with E-state index >= 15 is 0 Å². The summed E-state index contributed by atoms with van der Waals surface area (Å²) in [6.07, 6.45) is 2.21. The van der Waals surface area contributed by atoms with Crippen LogP contribution in [0.15, 0.2) is 36.4 Å². The maximum absolute atomic E-state index is 10.3. The normalized spacial score (nSPS) is 17.3. The van der Waals surface area contributed by atoms with Gasteiger partial charge in [0.05, 0.1) is 16.3 Å². The Balaban J connectivity index is 1.68. The van der Waals surface area contributed by atoms with Gasteiger partial charge in [0.2, 0.25) is 0 Å². The molecule has 1 aromatic heterocycles. The van der Waals surface area contributed by atoms with Crippen molar-refractivity contribution in [1.82, 2.24) is 10.2 Å². The van der Waals surface area contributed by atoms with Gasteiger partial charge in [0.1, 0.15) is 5.82 Å². The van der Waals surface area contributed by atoms with Crippen molar-refractivity contribution < 1.29 is 5.11 Å². The van der Waals surface area contributed by atoms with Crippen molar-refractivity contribution in [2.45, 2.75) is 25.4 Å². The second-order valence-electron chi connectivity index (χ2n) is 5.77. The van der Waals surface area contributed by atoms with E-state index in [0.29, 0.717) is 23.3 Å². The zero-order valence-electron chi connectivity index (χ0n) is 11.9. The van der Waals surface area contributed by atoms with Crippen LogP contribution >= 0.6 is 11.6 Å². The summed E-state index contributed by atoms with van der Waals surface area (Å²) in [5.41, 5.74) is 0.923. The molecular formula is C16H18ClN3O. The first-order chi connectivity index (χ1) is 10.1. The van der Waals surface area contributed by atoms with Gasteiger partial charge in [-0.1, -0.05) is 29.8 Å². The van der Waals surface area contributed by atoms with E-state index in [1.165, 1.54) is 0 Å². The quantitative estimate of drug-likeness (QED) is 0.889. The molecule has 0 saturated heterocycles. The Morgan fingerprint density at radius 3 is 2.62 bits per heavy atom. The monoisotopic (exact) mass is 303 g/mol. The van der Waals surface area contributed by atoms with Crippen LogP contribution in [0.2, 0.25) is 5.02 Å². The fraction of sp³-hybridized carbons (Fsp3) is 0.375. The van der Waals surface area contributed by atoms with Crippen molar-refractivity contribution in [3.8, 4) is 11.3 Å². The zero-order valence-corrected chi connectivity index (χ0v) is 12.6. The van der Waals surface area contributed by atoms with Gasteiger partial charge in [-0.15, -0.1) is 10.2 Å². The minimum atomic E-state index is -0.677. The van der Waals surface area contributed by atoms with Gasteiger partial charge < -0.3 is 10.4 Å². The highest BCUT2D eigenvalue weighted by Gasteiger charge is 2.39. The number of halogens is 1. The average molecular weight is 304 g/mol. The molecule has 1 aliphatic rings. The van der Waals surface area contributed by atoms with Crippen LogP contribution < -0.4 is 5.32 Å². The molecule has 1 aliphatic carbocycles. The standard InChI is InChI=1S/C16H18ClN3O/c1-16(21,11-6-7-11)10-18-15-9-8-14(19-20-15)12-4-2-3-5-13(12)17/h2-5,8-9,11,21H,6-7,10H2,1H3,(H,18,20). The molecule has 0 aliphatic heterocycles. The molecule has 0 amide bonds. The zero-order chi connectivity index (χ0) is 14.9. The molecule has 5 heteroatoms. The van der Waals surface area contributed by atoms with Gasteiger partial charge in [0, 0.05) is 12.1 Å². The highest BCUT2D eigenvalue weighted by atomic mass is 35.5. The minimum Gasteiger partial charge on any atom is -0.388 e. The predicted molar refractivity (Wildman–Crippen MR) is 84.3 cm³/mol. The topological polar surface area (TPSA) is 58.0 Å². The van der Waals surface area contributed by atoms with Gasteiger partial charge in [-0.3, -0.25) is 0 Å². The Morgan fingerprint density at radius 2 is 2.00 bits per heavy atom. The van der Waals surface area contributed by atoms with E-state index < -0.39 is 5.60 Å². The second kappa shape index (κ2) is 5.62. The van der Waals surface area contributed by atoms with E-state index in [2.05, 4.69) is 15.5 Å². The molecule has 0 spiro atoms. The molecule has 21 heavy (non-hydrogen) atoms. The van der Waals surface area contributed by atoms with Crippen LogP contribution in [0, 0.1) is 5.92 Å². The molecule has 1 unspecified atom stereocenters. The van der Waals surface area contributed by atoms with Gasteiger partial charge in [0.25, 0.3) is 0 Å². The molecule has 1 aromatic carbocycles. The Morgan fingerprint density at radius 1 is 1.24 bits per heavy atom. The van der Waals surface area contributed by atoms with Crippen LogP contribution in [0.4, 0.5) is 5.82 Å². The average Bonchev–Trinajstić information content (AvgIpc) is 3.32. The third-order valence-electron chi connectivity index (χ3n) is 3.90. The summed E-state index contributed by atoms with van der Waals surface area (Å²) >= 11 is 6.14. The van der Waals surface area contributed by atoms with Crippen molar-refractivity contribution in [2.24, 2.45) is 5.92 Å². The Bertz CT molecular complexity index is 624. The molecule has 1 saturated carbocycles. The Hall–Kier alpha value is -1.65. The molecule has 1 fully saturated rings. The number of hydrogen-bond acceptors (Lipinski definition) is 4. The molecule has 2 N–H and O–H groups in total. The van der Waals surface area contributed by atoms with Crippen molar-refractivity contribution in [1.29, 1.82) is 0 Å². The molecule has 3 rings (SSSR count). The molecule has 0 bridgehead atoms. The number of aromatic nitrogens is 2. The Labute approximate surface area is 129 Å². The summed E-state index contributed by atoms with van der Waals surface area (Å²) in [4.78, 5) is 0. The van der Waals surface area contributed by atoms with Crippen LogP contribution in [-0.2, 0) is 0 Å². The van der Waals surface area contributed by atoms with Gasteiger partial charge in [0.15, 0.2) is 0 Å². The number of nitrogens with zero attached hydrogens (tertiary/aromatic N) is 2. The minimum absolute atomic E-state index is 0.403. The summed E-state index contributed by atoms with van der Waals surface area (Å²) in [5.74, 6) is 1.06. The number of hydrogen-bond donors (Lipinski definition) is 2. The fourth-order valence-corrected chi connectivity index (χ4v) is 2.59. The first-order valence-electron chi connectivity index (χ1n) is 7.11. The number of rotatable bonds is 5. The van der Waals surface area contributed by atoms with Crippen molar-refractivity contribution >= 4 is 17.4 Å². The Kier molecular flexibility index (Phi) is 3.83. The van der Waals surface area contributed by atoms with Crippen LogP contribution in [0.25, 0.3) is 11.3 Å². The first kappa shape index (κ1) is 14.3. The fourth-order valence-electron chi connectivity index (χ4n) is 2.36. The molecule has 110 valence electrons. The van der Waals surface area contributed by atoms with Gasteiger partial charge in [-0.25, -0.2) is 0 Å². The molecular weight excluding hydrogens is 286 g/mol. The van der Waals surface area contributed by atoms with Gasteiger partial charge >= 0.3 is 0 Å². The summed E-state index contributed by atoms with van der Waals surface area (Å²) in [7, 11) is 0. The van der Waals surface area contributed by atoms with E-state index in [1.54, 1.807) is 0 Å². The lowest BCUT2D eigenvalue weighted by atomic mass is 10.0. The van der Waals surface area contributed by atoms with Crippen LogP contribution in [-0.4, -0.2) is 27.4 Å². The third-order valence-corrected chi connectivity index (χ3v) is 4.23. The summed E-state index contributed by atoms with van der Waals surface area (Å²) in [6, 6.07) is 11.3. The van der Waals surface area contributed by atoms with Crippen LogP contribution in [0.3, 0.4) is 0 Å². The third kappa shape index (κ3) is 3.34. The molecule has 1 atom stereocenters. The van der Waals surface area contributed by atoms with E-state index in [-0.39, 0.29) is 0 Å². The van der Waals surface area contributed by atoms with E-state index in [4.69, 9.17) is 11.6 Å². The first-order valence-corrected chi connectivity index (χ1v) is 7.49. The molecule has 2 aromatic rings. The summed E-state index contributed by atoms with van der Waals surface area (Å²) < 4.78 is 0. The second-order valence-corrected chi connectivity index (χ2v) is 6.18. The number of aliphatic hydroxyl groups is 1. The molecule has 4 nitrogen and oxygen atoms in total. The van der Waals surface area contributed by atoms with E-state index in [0.717, 1.165) is 24.1 Å². The van der Waals surface area contributed by atoms with E-state index in [1.807, 2.05) is 43.3 Å². The molecule has 1 heterocycles. The lowest BCUT2D eigenvalue weighted by molar-refractivity contribution is 0.0502. The summed E-state index contributed by atoms with van der Waals surface area (Å²) in [6.45, 7) is 2.35. The number of benzene rings is 1. The largest absolute Gasteiger partial charge is 0.388 e. The summed E-state index contributed by atoms with van der Waals surface area (Å²) in [5, 5.41) is 22.4. The van der Waals surface area contributed by atoms with Gasteiger partial charge in [-0.05, 0) is 43.9 Å². The highest BCUT2D eigenvalue weighted by Crippen LogP contribution is 2.39. The predicted octanol–water partition coefficient (Wildman–Crippen LogP) is 3.37. The van der Waals surface area contributed by atoms with Crippen LogP contribution in [0.5, 0.6) is 0 Å². The number of anilines is 1.